The van der Waals surface area contributed by atoms with Gasteiger partial charge in [-0.1, -0.05) is 58.4 Å². The van der Waals surface area contributed by atoms with Crippen LogP contribution in [0.4, 0.5) is 0 Å². The van der Waals surface area contributed by atoms with Crippen molar-refractivity contribution in [2.45, 2.75) is 25.9 Å². The number of alkyl halides is 1. The van der Waals surface area contributed by atoms with Gasteiger partial charge in [-0.3, -0.25) is 14.3 Å². The van der Waals surface area contributed by atoms with E-state index in [4.69, 9.17) is 9.47 Å². The maximum atomic E-state index is 13.2. The number of nitrogens with one attached hydrogen (secondary N) is 1. The number of Topliss-reactive ketones (excluding diaryl/α,β-unsaturated/α-hetero) is 1. The van der Waals surface area contributed by atoms with Gasteiger partial charge < -0.3 is 9.47 Å². The molecule has 1 atom stereocenters. The lowest BCUT2D eigenvalue weighted by Crippen LogP contribution is -2.33. The number of carbonyl (C=O) groups excluding carboxylic acids is 2. The quantitative estimate of drug-likeness (QED) is 0.481. The summed E-state index contributed by atoms with van der Waals surface area (Å²) in [6.07, 6.45) is 0.361. The average Bonchev–Trinajstić information content (AvgIpc) is 2.90. The second kappa shape index (κ2) is 8.16. The van der Waals surface area contributed by atoms with Crippen LogP contribution in [0.3, 0.4) is 0 Å². The lowest BCUT2D eigenvalue weighted by atomic mass is 9.87. The van der Waals surface area contributed by atoms with Crippen molar-refractivity contribution in [2.24, 2.45) is 0 Å². The third kappa shape index (κ3) is 4.30. The Morgan fingerprint density at radius 1 is 1.21 bits per heavy atom. The van der Waals surface area contributed by atoms with E-state index in [1.165, 1.54) is 6.92 Å². The molecule has 0 saturated heterocycles. The molecular weight excluding hydrogens is 462 g/mol. The first kappa shape index (κ1) is 21.3. The van der Waals surface area contributed by atoms with Crippen molar-refractivity contribution in [1.82, 2.24) is 4.72 Å². The zero-order valence-electron chi connectivity index (χ0n) is 15.9. The molecular formula is C20H20BrNO6S. The van der Waals surface area contributed by atoms with Crippen LogP contribution in [-0.2, 0) is 34.7 Å². The van der Waals surface area contributed by atoms with Crippen molar-refractivity contribution in [1.29, 1.82) is 0 Å². The van der Waals surface area contributed by atoms with Crippen molar-refractivity contribution >= 4 is 48.5 Å². The predicted octanol–water partition coefficient (Wildman–Crippen LogP) is 3.09. The lowest BCUT2D eigenvalue weighted by Gasteiger charge is -2.25. The topological polar surface area (TPSA) is 98.8 Å². The van der Waals surface area contributed by atoms with Crippen LogP contribution in [0.1, 0.15) is 25.8 Å². The molecule has 3 rings (SSSR count). The maximum absolute atomic E-state index is 13.2. The molecule has 1 aliphatic rings. The summed E-state index contributed by atoms with van der Waals surface area (Å²) >= 11 is 3.18. The van der Waals surface area contributed by atoms with Crippen molar-refractivity contribution in [3.8, 4) is 0 Å². The van der Waals surface area contributed by atoms with Gasteiger partial charge in [0.2, 0.25) is 21.7 Å². The summed E-state index contributed by atoms with van der Waals surface area (Å²) in [7, 11) is -3.80. The fourth-order valence-electron chi connectivity index (χ4n) is 3.18. The molecule has 0 amide bonds. The van der Waals surface area contributed by atoms with E-state index in [1.54, 1.807) is 12.1 Å². The number of hydrogen-bond donors (Lipinski definition) is 1. The van der Waals surface area contributed by atoms with Gasteiger partial charge in [0, 0.05) is 17.8 Å². The molecule has 0 saturated carbocycles. The minimum Gasteiger partial charge on any atom is -0.456 e. The van der Waals surface area contributed by atoms with E-state index in [1.807, 2.05) is 30.3 Å². The molecule has 1 heterocycles. The molecule has 1 unspecified atom stereocenters. The third-order valence-electron chi connectivity index (χ3n) is 4.50. The first-order valence-electron chi connectivity index (χ1n) is 8.89. The van der Waals surface area contributed by atoms with E-state index >= 15 is 0 Å². The van der Waals surface area contributed by atoms with E-state index < -0.39 is 33.1 Å². The Hall–Kier alpha value is -2.39. The van der Waals surface area contributed by atoms with Gasteiger partial charge in [0.25, 0.3) is 5.78 Å². The Balaban J connectivity index is 2.06. The van der Waals surface area contributed by atoms with Crippen molar-refractivity contribution in [2.75, 3.05) is 11.1 Å². The first-order valence-corrected chi connectivity index (χ1v) is 11.7. The number of ketones is 1. The van der Waals surface area contributed by atoms with Crippen LogP contribution in [-0.4, -0.2) is 31.3 Å². The van der Waals surface area contributed by atoms with E-state index in [0.717, 1.165) is 17.7 Å². The van der Waals surface area contributed by atoms with Gasteiger partial charge in [-0.15, -0.1) is 0 Å². The number of esters is 1. The van der Waals surface area contributed by atoms with Crippen molar-refractivity contribution < 1.29 is 27.5 Å². The fraction of sp³-hybridized carbons (Fsp3) is 0.300. The van der Waals surface area contributed by atoms with Gasteiger partial charge in [0.1, 0.15) is 0 Å². The Labute approximate surface area is 177 Å². The highest BCUT2D eigenvalue weighted by molar-refractivity contribution is 9.09. The zero-order chi connectivity index (χ0) is 21.2. The third-order valence-corrected chi connectivity index (χ3v) is 6.38. The van der Waals surface area contributed by atoms with Gasteiger partial charge in [0.15, 0.2) is 5.60 Å². The number of hydrogen-bond acceptors (Lipinski definition) is 6. The maximum Gasteiger partial charge on any atom is 0.308 e. The number of halogens is 1. The molecule has 0 fully saturated rings. The second-order valence-electron chi connectivity index (χ2n) is 6.71. The second-order valence-corrected chi connectivity index (χ2v) is 9.34. The normalized spacial score (nSPS) is 19.3. The predicted molar refractivity (Wildman–Crippen MR) is 112 cm³/mol. The first-order chi connectivity index (χ1) is 13.7. The Bertz CT molecular complexity index is 1110. The highest BCUT2D eigenvalue weighted by Crippen LogP contribution is 2.41. The molecule has 0 bridgehead atoms. The molecule has 29 heavy (non-hydrogen) atoms. The molecule has 1 aliphatic heterocycles. The molecule has 154 valence electrons. The van der Waals surface area contributed by atoms with E-state index in [0.29, 0.717) is 17.3 Å². The molecule has 2 aromatic rings. The molecule has 7 nitrogen and oxygen atoms in total. The molecule has 0 aliphatic carbocycles. The lowest BCUT2D eigenvalue weighted by molar-refractivity contribution is -0.142. The van der Waals surface area contributed by atoms with Gasteiger partial charge in [-0.2, -0.15) is 0 Å². The summed E-state index contributed by atoms with van der Waals surface area (Å²) < 4.78 is 37.8. The summed E-state index contributed by atoms with van der Waals surface area (Å²) in [4.78, 5) is 24.8. The Morgan fingerprint density at radius 3 is 2.59 bits per heavy atom. The molecule has 0 spiro atoms. The standard InChI is InChI=1S/C20H20BrNO6S/c1-13(23)27-17-18(24)20(2,28-19(17)22-29(25,26)12-6-11-21)16-10-5-8-14-7-3-4-9-15(14)16/h3-5,7-10,22H,6,11-12H2,1-2H3. The summed E-state index contributed by atoms with van der Waals surface area (Å²) in [5, 5.41) is 2.16. The smallest absolute Gasteiger partial charge is 0.308 e. The van der Waals surface area contributed by atoms with Crippen molar-refractivity contribution in [3.05, 3.63) is 59.7 Å². The molecule has 1 N–H and O–H groups in total. The molecule has 0 aromatic heterocycles. The molecule has 0 radical (unpaired) electrons. The minimum atomic E-state index is -3.80. The van der Waals surface area contributed by atoms with E-state index in [2.05, 4.69) is 20.7 Å². The largest absolute Gasteiger partial charge is 0.456 e. The minimum absolute atomic E-state index is 0.183. The monoisotopic (exact) mass is 481 g/mol. The molecule has 9 heteroatoms. The summed E-state index contributed by atoms with van der Waals surface area (Å²) in [5.74, 6) is -2.40. The van der Waals surface area contributed by atoms with Gasteiger partial charge >= 0.3 is 5.97 Å². The average molecular weight is 482 g/mol. The van der Waals surface area contributed by atoms with Crippen LogP contribution in [0.2, 0.25) is 0 Å². The van der Waals surface area contributed by atoms with Crippen LogP contribution >= 0.6 is 15.9 Å². The van der Waals surface area contributed by atoms with Gasteiger partial charge in [-0.05, 0) is 24.1 Å². The van der Waals surface area contributed by atoms with Crippen LogP contribution < -0.4 is 4.72 Å². The summed E-state index contributed by atoms with van der Waals surface area (Å²) in [6.45, 7) is 2.66. The SMILES string of the molecule is CC(=O)OC1=C(NS(=O)(=O)CCCBr)OC(C)(c2cccc3ccccc23)C1=O. The highest BCUT2D eigenvalue weighted by atomic mass is 79.9. The zero-order valence-corrected chi connectivity index (χ0v) is 18.3. The number of carbonyl (C=O) groups is 2. The molecule has 2 aromatic carbocycles. The van der Waals surface area contributed by atoms with Crippen LogP contribution in [0, 0.1) is 0 Å². The Kier molecular flexibility index (Phi) is 6.00. The van der Waals surface area contributed by atoms with Crippen LogP contribution in [0.5, 0.6) is 0 Å². The van der Waals surface area contributed by atoms with Crippen LogP contribution in [0.25, 0.3) is 10.8 Å². The fourth-order valence-corrected chi connectivity index (χ4v) is 4.87. The van der Waals surface area contributed by atoms with Gasteiger partial charge in [-0.25, -0.2) is 8.42 Å². The van der Waals surface area contributed by atoms with E-state index in [9.17, 15) is 18.0 Å². The Morgan fingerprint density at radius 2 is 1.90 bits per heavy atom. The number of ether oxygens (including phenoxy) is 2. The van der Waals surface area contributed by atoms with Crippen LogP contribution in [0.15, 0.2) is 54.1 Å². The number of benzene rings is 2. The number of rotatable bonds is 7. The number of sulfonamides is 1. The number of fused-ring (bicyclic) bond motifs is 1. The highest BCUT2D eigenvalue weighted by Gasteiger charge is 2.50. The summed E-state index contributed by atoms with van der Waals surface area (Å²) in [6, 6.07) is 12.8. The van der Waals surface area contributed by atoms with E-state index in [-0.39, 0.29) is 11.6 Å². The van der Waals surface area contributed by atoms with Gasteiger partial charge in [0.05, 0.1) is 5.75 Å². The van der Waals surface area contributed by atoms with Crippen molar-refractivity contribution in [3.63, 3.8) is 0 Å². The summed E-state index contributed by atoms with van der Waals surface area (Å²) in [5.41, 5.74) is -1.02.